The van der Waals surface area contributed by atoms with E-state index in [0.29, 0.717) is 0 Å². The Hall–Kier alpha value is -1.88. The van der Waals surface area contributed by atoms with E-state index in [9.17, 15) is 15.0 Å². The molecular formula is C9H11N5O5. The summed E-state index contributed by atoms with van der Waals surface area (Å²) in [5, 5.41) is 37.8. The van der Waals surface area contributed by atoms with Crippen molar-refractivity contribution < 1.29 is 20.1 Å². The molecule has 4 N–H and O–H groups in total. The summed E-state index contributed by atoms with van der Waals surface area (Å²) in [6.07, 6.45) is -3.23. The van der Waals surface area contributed by atoms with Crippen molar-refractivity contribution in [1.29, 1.82) is 0 Å². The SMILES string of the molecule is O=c1[nH]nnc2ncn(C3OC(CO)C(O)C3O)c12. The van der Waals surface area contributed by atoms with E-state index in [-0.39, 0.29) is 11.2 Å². The molecule has 10 heteroatoms. The standard InChI is InChI=1S/C9H11N5O5/c15-1-3-5(16)6(17)9(19-3)14-2-10-7-4(14)8(18)12-13-11-7/h2-3,5-6,9,15-17H,1H2,(H,11,12,18). The Morgan fingerprint density at radius 3 is 2.89 bits per heavy atom. The number of nitrogens with one attached hydrogen (secondary N) is 1. The molecule has 1 fully saturated rings. The van der Waals surface area contributed by atoms with E-state index in [1.807, 2.05) is 0 Å². The molecule has 3 rings (SSSR count). The van der Waals surface area contributed by atoms with Crippen molar-refractivity contribution in [1.82, 2.24) is 25.0 Å². The van der Waals surface area contributed by atoms with Crippen LogP contribution in [-0.2, 0) is 4.74 Å². The first-order valence-electron chi connectivity index (χ1n) is 5.54. The average molecular weight is 269 g/mol. The number of aromatic amines is 1. The fourth-order valence-corrected chi connectivity index (χ4v) is 2.12. The Bertz CT molecular complexity index is 654. The molecule has 0 bridgehead atoms. The van der Waals surface area contributed by atoms with Gasteiger partial charge in [-0.3, -0.25) is 9.36 Å². The van der Waals surface area contributed by atoms with Gasteiger partial charge < -0.3 is 20.1 Å². The first kappa shape index (κ1) is 12.2. The van der Waals surface area contributed by atoms with Crippen molar-refractivity contribution in [3.05, 3.63) is 16.7 Å². The number of hydrogen-bond donors (Lipinski definition) is 4. The molecule has 2 aromatic heterocycles. The van der Waals surface area contributed by atoms with Gasteiger partial charge in [-0.15, -0.1) is 5.10 Å². The molecule has 4 unspecified atom stereocenters. The van der Waals surface area contributed by atoms with Crippen molar-refractivity contribution in [2.24, 2.45) is 0 Å². The topological polar surface area (TPSA) is 146 Å². The second-order valence-corrected chi connectivity index (χ2v) is 4.19. The van der Waals surface area contributed by atoms with E-state index in [1.54, 1.807) is 0 Å². The van der Waals surface area contributed by atoms with Gasteiger partial charge in [-0.25, -0.2) is 10.1 Å². The lowest BCUT2D eigenvalue weighted by Crippen LogP contribution is -2.33. The van der Waals surface area contributed by atoms with Crippen LogP contribution in [0, 0.1) is 0 Å². The quantitative estimate of drug-likeness (QED) is 0.455. The van der Waals surface area contributed by atoms with Crippen LogP contribution < -0.4 is 5.56 Å². The third kappa shape index (κ3) is 1.73. The lowest BCUT2D eigenvalue weighted by Gasteiger charge is -2.16. The molecule has 1 aliphatic heterocycles. The molecule has 0 aliphatic carbocycles. The second kappa shape index (κ2) is 4.35. The molecule has 1 aliphatic rings. The van der Waals surface area contributed by atoms with Crippen molar-refractivity contribution >= 4 is 11.2 Å². The molecule has 0 radical (unpaired) electrons. The van der Waals surface area contributed by atoms with Crippen LogP contribution in [0.15, 0.2) is 11.1 Å². The minimum absolute atomic E-state index is 0.0739. The summed E-state index contributed by atoms with van der Waals surface area (Å²) in [4.78, 5) is 15.6. The Morgan fingerprint density at radius 1 is 1.42 bits per heavy atom. The van der Waals surface area contributed by atoms with E-state index in [2.05, 4.69) is 20.4 Å². The van der Waals surface area contributed by atoms with Gasteiger partial charge in [-0.2, -0.15) is 0 Å². The summed E-state index contributed by atoms with van der Waals surface area (Å²) in [7, 11) is 0. The van der Waals surface area contributed by atoms with Crippen molar-refractivity contribution in [2.75, 3.05) is 6.61 Å². The van der Waals surface area contributed by atoms with Crippen LogP contribution in [0.4, 0.5) is 0 Å². The number of imidazole rings is 1. The predicted octanol–water partition coefficient (Wildman–Crippen LogP) is -2.87. The van der Waals surface area contributed by atoms with Gasteiger partial charge in [-0.1, -0.05) is 5.21 Å². The molecule has 3 heterocycles. The first-order chi connectivity index (χ1) is 9.13. The zero-order valence-corrected chi connectivity index (χ0v) is 9.54. The van der Waals surface area contributed by atoms with Crippen LogP contribution in [0.5, 0.6) is 0 Å². The average Bonchev–Trinajstić information content (AvgIpc) is 2.94. The number of fused-ring (bicyclic) bond motifs is 1. The number of hydrogen-bond acceptors (Lipinski definition) is 8. The second-order valence-electron chi connectivity index (χ2n) is 4.19. The number of H-pyrrole nitrogens is 1. The number of aliphatic hydroxyl groups excluding tert-OH is 3. The number of aliphatic hydroxyl groups is 3. The number of nitrogens with zero attached hydrogens (tertiary/aromatic N) is 4. The normalized spacial score (nSPS) is 31.1. The van der Waals surface area contributed by atoms with Gasteiger partial charge in [0.05, 0.1) is 6.61 Å². The zero-order chi connectivity index (χ0) is 13.6. The van der Waals surface area contributed by atoms with Crippen LogP contribution in [0.1, 0.15) is 6.23 Å². The van der Waals surface area contributed by atoms with Gasteiger partial charge in [0.25, 0.3) is 5.56 Å². The maximum Gasteiger partial charge on any atom is 0.293 e. The first-order valence-corrected chi connectivity index (χ1v) is 5.54. The summed E-state index contributed by atoms with van der Waals surface area (Å²) < 4.78 is 6.57. The summed E-state index contributed by atoms with van der Waals surface area (Å²) in [6, 6.07) is 0. The molecule has 0 aromatic carbocycles. The largest absolute Gasteiger partial charge is 0.394 e. The van der Waals surface area contributed by atoms with Gasteiger partial charge in [0.1, 0.15) is 24.6 Å². The maximum absolute atomic E-state index is 11.7. The summed E-state index contributed by atoms with van der Waals surface area (Å²) in [5.74, 6) is 0. The summed E-state index contributed by atoms with van der Waals surface area (Å²) in [6.45, 7) is -0.447. The van der Waals surface area contributed by atoms with Crippen molar-refractivity contribution in [2.45, 2.75) is 24.5 Å². The van der Waals surface area contributed by atoms with Crippen LogP contribution >= 0.6 is 0 Å². The molecule has 4 atom stereocenters. The van der Waals surface area contributed by atoms with Crippen molar-refractivity contribution in [3.63, 3.8) is 0 Å². The van der Waals surface area contributed by atoms with Gasteiger partial charge in [0, 0.05) is 0 Å². The summed E-state index contributed by atoms with van der Waals surface area (Å²) >= 11 is 0. The van der Waals surface area contributed by atoms with Gasteiger partial charge in [0.15, 0.2) is 11.7 Å². The molecule has 102 valence electrons. The van der Waals surface area contributed by atoms with E-state index >= 15 is 0 Å². The Labute approximate surface area is 105 Å². The van der Waals surface area contributed by atoms with Gasteiger partial charge >= 0.3 is 0 Å². The molecule has 0 amide bonds. The molecule has 2 aromatic rings. The highest BCUT2D eigenvalue weighted by atomic mass is 16.6. The van der Waals surface area contributed by atoms with Crippen LogP contribution in [0.2, 0.25) is 0 Å². The third-order valence-corrected chi connectivity index (χ3v) is 3.08. The van der Waals surface area contributed by atoms with Crippen molar-refractivity contribution in [3.8, 4) is 0 Å². The molecule has 19 heavy (non-hydrogen) atoms. The highest BCUT2D eigenvalue weighted by Crippen LogP contribution is 2.30. The van der Waals surface area contributed by atoms with Crippen LogP contribution in [0.3, 0.4) is 0 Å². The van der Waals surface area contributed by atoms with E-state index in [4.69, 9.17) is 9.84 Å². The van der Waals surface area contributed by atoms with Gasteiger partial charge in [0.2, 0.25) is 5.65 Å². The lowest BCUT2D eigenvalue weighted by atomic mass is 10.1. The zero-order valence-electron chi connectivity index (χ0n) is 9.54. The fourth-order valence-electron chi connectivity index (χ4n) is 2.12. The Kier molecular flexibility index (Phi) is 2.78. The smallest absolute Gasteiger partial charge is 0.293 e. The predicted molar refractivity (Wildman–Crippen MR) is 59.0 cm³/mol. The van der Waals surface area contributed by atoms with Gasteiger partial charge in [-0.05, 0) is 0 Å². The molecule has 1 saturated heterocycles. The Morgan fingerprint density at radius 2 is 2.21 bits per heavy atom. The van der Waals surface area contributed by atoms with E-state index in [1.165, 1.54) is 10.9 Å². The van der Waals surface area contributed by atoms with Crippen LogP contribution in [0.25, 0.3) is 11.2 Å². The number of rotatable bonds is 2. The minimum Gasteiger partial charge on any atom is -0.394 e. The van der Waals surface area contributed by atoms with Crippen LogP contribution in [-0.4, -0.2) is 65.2 Å². The monoisotopic (exact) mass is 269 g/mol. The van der Waals surface area contributed by atoms with E-state index in [0.717, 1.165) is 0 Å². The highest BCUT2D eigenvalue weighted by Gasteiger charge is 2.44. The fraction of sp³-hybridized carbons (Fsp3) is 0.556. The highest BCUT2D eigenvalue weighted by molar-refractivity contribution is 5.68. The third-order valence-electron chi connectivity index (χ3n) is 3.08. The van der Waals surface area contributed by atoms with E-state index < -0.39 is 36.7 Å². The molecule has 0 spiro atoms. The molecule has 0 saturated carbocycles. The maximum atomic E-state index is 11.7. The summed E-state index contributed by atoms with van der Waals surface area (Å²) in [5.41, 5.74) is -0.369. The Balaban J connectivity index is 2.08. The lowest BCUT2D eigenvalue weighted by molar-refractivity contribution is -0.0509. The number of ether oxygens (including phenoxy) is 1. The number of aromatic nitrogens is 5. The minimum atomic E-state index is -1.29. The molecule has 10 nitrogen and oxygen atoms in total. The molecular weight excluding hydrogens is 258 g/mol.